The number of hydrogen-bond acceptors (Lipinski definition) is 4. The molecule has 3 rings (SSSR count). The molecule has 0 radical (unpaired) electrons. The molecule has 2 aromatic heterocycles. The number of thiazole rings is 1. The van der Waals surface area contributed by atoms with Gasteiger partial charge in [-0.1, -0.05) is 36.4 Å². The molecule has 0 saturated heterocycles. The first-order chi connectivity index (χ1) is 9.36. The predicted molar refractivity (Wildman–Crippen MR) is 82.6 cm³/mol. The van der Waals surface area contributed by atoms with Gasteiger partial charge in [-0.15, -0.1) is 22.7 Å². The van der Waals surface area contributed by atoms with Crippen LogP contribution in [0.3, 0.4) is 0 Å². The van der Waals surface area contributed by atoms with Crippen molar-refractivity contribution in [3.63, 3.8) is 0 Å². The van der Waals surface area contributed by atoms with E-state index in [2.05, 4.69) is 34.6 Å². The third-order valence-electron chi connectivity index (χ3n) is 2.88. The highest BCUT2D eigenvalue weighted by atomic mass is 32.1. The molecule has 3 aromatic rings. The van der Waals surface area contributed by atoms with E-state index in [0.717, 1.165) is 17.1 Å². The van der Waals surface area contributed by atoms with Crippen molar-refractivity contribution >= 4 is 22.7 Å². The summed E-state index contributed by atoms with van der Waals surface area (Å²) in [5, 5.41) is 3.24. The van der Waals surface area contributed by atoms with Crippen LogP contribution in [-0.4, -0.2) is 4.98 Å². The summed E-state index contributed by atoms with van der Waals surface area (Å²) < 4.78 is 0. The lowest BCUT2D eigenvalue weighted by molar-refractivity contribution is 0.988. The lowest BCUT2D eigenvalue weighted by Crippen LogP contribution is -1.98. The Balaban J connectivity index is 1.95. The van der Waals surface area contributed by atoms with Gasteiger partial charge in [0, 0.05) is 17.8 Å². The van der Waals surface area contributed by atoms with Gasteiger partial charge < -0.3 is 5.73 Å². The average molecular weight is 286 g/mol. The molecule has 0 spiro atoms. The fraction of sp³-hybridized carbons (Fsp3) is 0.133. The number of rotatable bonds is 4. The maximum Gasteiger partial charge on any atom is 0.0987 e. The molecule has 0 bridgehead atoms. The monoisotopic (exact) mass is 286 g/mol. The minimum atomic E-state index is 0.491. The quantitative estimate of drug-likeness (QED) is 0.789. The highest BCUT2D eigenvalue weighted by molar-refractivity contribution is 7.15. The molecule has 0 aliphatic carbocycles. The van der Waals surface area contributed by atoms with E-state index in [-0.39, 0.29) is 0 Å². The molecule has 0 atom stereocenters. The van der Waals surface area contributed by atoms with E-state index in [4.69, 9.17) is 5.73 Å². The van der Waals surface area contributed by atoms with Crippen molar-refractivity contribution in [3.8, 4) is 10.4 Å². The van der Waals surface area contributed by atoms with E-state index < -0.39 is 0 Å². The summed E-state index contributed by atoms with van der Waals surface area (Å²) in [5.74, 6) is 0. The first-order valence-corrected chi connectivity index (χ1v) is 7.83. The van der Waals surface area contributed by atoms with Crippen LogP contribution in [0, 0.1) is 0 Å². The Morgan fingerprint density at radius 1 is 1.05 bits per heavy atom. The lowest BCUT2D eigenvalue weighted by atomic mass is 10.1. The fourth-order valence-corrected chi connectivity index (χ4v) is 3.91. The number of nitrogens with zero attached hydrogens (tertiary/aromatic N) is 1. The highest BCUT2D eigenvalue weighted by Gasteiger charge is 2.12. The van der Waals surface area contributed by atoms with Crippen molar-refractivity contribution in [1.82, 2.24) is 4.98 Å². The van der Waals surface area contributed by atoms with E-state index in [9.17, 15) is 0 Å². The van der Waals surface area contributed by atoms with Crippen LogP contribution in [-0.2, 0) is 13.0 Å². The second-order valence-electron chi connectivity index (χ2n) is 4.21. The van der Waals surface area contributed by atoms with Gasteiger partial charge >= 0.3 is 0 Å². The van der Waals surface area contributed by atoms with Gasteiger partial charge in [-0.2, -0.15) is 0 Å². The van der Waals surface area contributed by atoms with E-state index in [1.807, 2.05) is 18.2 Å². The van der Waals surface area contributed by atoms with Gasteiger partial charge in [0.2, 0.25) is 0 Å². The smallest absolute Gasteiger partial charge is 0.0987 e. The van der Waals surface area contributed by atoms with Crippen molar-refractivity contribution in [3.05, 3.63) is 63.4 Å². The summed E-state index contributed by atoms with van der Waals surface area (Å²) in [4.78, 5) is 7.23. The van der Waals surface area contributed by atoms with Gasteiger partial charge in [0.15, 0.2) is 0 Å². The van der Waals surface area contributed by atoms with Gasteiger partial charge in [0.25, 0.3) is 0 Å². The number of benzene rings is 1. The molecule has 0 unspecified atom stereocenters. The molecule has 96 valence electrons. The average Bonchev–Trinajstić information content (AvgIpc) is 3.09. The summed E-state index contributed by atoms with van der Waals surface area (Å²) in [6.07, 6.45) is 0.905. The third kappa shape index (κ3) is 2.76. The maximum atomic E-state index is 5.82. The van der Waals surface area contributed by atoms with Crippen LogP contribution in [0.4, 0.5) is 0 Å². The zero-order valence-corrected chi connectivity index (χ0v) is 12.0. The maximum absolute atomic E-state index is 5.82. The first-order valence-electron chi connectivity index (χ1n) is 6.13. The number of nitrogens with two attached hydrogens (primary N) is 1. The van der Waals surface area contributed by atoms with Crippen LogP contribution < -0.4 is 5.73 Å². The molecule has 1 aromatic carbocycles. The Hall–Kier alpha value is -1.49. The Morgan fingerprint density at radius 3 is 2.58 bits per heavy atom. The Bertz CT molecular complexity index is 642. The Labute approximate surface area is 120 Å². The van der Waals surface area contributed by atoms with Crippen molar-refractivity contribution in [1.29, 1.82) is 0 Å². The molecular weight excluding hydrogens is 272 g/mol. The summed E-state index contributed by atoms with van der Waals surface area (Å²) in [6.45, 7) is 0.491. The molecule has 0 fully saturated rings. The van der Waals surface area contributed by atoms with Crippen molar-refractivity contribution < 1.29 is 0 Å². The largest absolute Gasteiger partial charge is 0.325 e. The van der Waals surface area contributed by atoms with Crippen molar-refractivity contribution in [2.24, 2.45) is 5.73 Å². The normalized spacial score (nSPS) is 10.8. The summed E-state index contributed by atoms with van der Waals surface area (Å²) in [5.41, 5.74) is 8.03. The topological polar surface area (TPSA) is 38.9 Å². The van der Waals surface area contributed by atoms with Crippen molar-refractivity contribution in [2.45, 2.75) is 13.0 Å². The summed E-state index contributed by atoms with van der Waals surface area (Å²) >= 11 is 3.52. The molecule has 0 aliphatic heterocycles. The van der Waals surface area contributed by atoms with Gasteiger partial charge in [-0.3, -0.25) is 0 Å². The molecule has 2 nitrogen and oxygen atoms in total. The van der Waals surface area contributed by atoms with Crippen LogP contribution in [0.2, 0.25) is 0 Å². The van der Waals surface area contributed by atoms with Crippen LogP contribution in [0.1, 0.15) is 15.6 Å². The van der Waals surface area contributed by atoms with Gasteiger partial charge in [0.1, 0.15) is 0 Å². The number of hydrogen-bond donors (Lipinski definition) is 1. The zero-order chi connectivity index (χ0) is 13.1. The second-order valence-corrected chi connectivity index (χ2v) is 6.33. The minimum absolute atomic E-state index is 0.491. The standard InChI is InChI=1S/C15H14N2S2/c16-10-13-15(11-5-2-1-3-6-11)19-14(17-13)9-12-7-4-8-18-12/h1-8H,9-10,16H2. The van der Waals surface area contributed by atoms with E-state index in [1.165, 1.54) is 15.3 Å². The van der Waals surface area contributed by atoms with Crippen LogP contribution >= 0.6 is 22.7 Å². The van der Waals surface area contributed by atoms with Gasteiger partial charge in [0.05, 0.1) is 15.6 Å². The Kier molecular flexibility index (Phi) is 3.73. The number of thiophene rings is 1. The van der Waals surface area contributed by atoms with Crippen LogP contribution in [0.25, 0.3) is 10.4 Å². The van der Waals surface area contributed by atoms with Crippen LogP contribution in [0.5, 0.6) is 0 Å². The van der Waals surface area contributed by atoms with E-state index in [1.54, 1.807) is 22.7 Å². The van der Waals surface area contributed by atoms with E-state index >= 15 is 0 Å². The van der Waals surface area contributed by atoms with Crippen molar-refractivity contribution in [2.75, 3.05) is 0 Å². The molecule has 0 saturated carbocycles. The summed E-state index contributed by atoms with van der Waals surface area (Å²) in [6, 6.07) is 14.6. The molecular formula is C15H14N2S2. The lowest BCUT2D eigenvalue weighted by Gasteiger charge is -1.98. The molecule has 2 heterocycles. The molecule has 2 N–H and O–H groups in total. The van der Waals surface area contributed by atoms with E-state index in [0.29, 0.717) is 6.54 Å². The zero-order valence-electron chi connectivity index (χ0n) is 10.4. The predicted octanol–water partition coefficient (Wildman–Crippen LogP) is 3.92. The highest BCUT2D eigenvalue weighted by Crippen LogP contribution is 2.31. The Morgan fingerprint density at radius 2 is 1.89 bits per heavy atom. The molecule has 19 heavy (non-hydrogen) atoms. The summed E-state index contributed by atoms with van der Waals surface area (Å²) in [7, 11) is 0. The first kappa shape index (κ1) is 12.5. The molecule has 4 heteroatoms. The fourth-order valence-electron chi connectivity index (χ4n) is 1.99. The minimum Gasteiger partial charge on any atom is -0.325 e. The number of aromatic nitrogens is 1. The van der Waals surface area contributed by atoms with Gasteiger partial charge in [-0.25, -0.2) is 4.98 Å². The molecule has 0 aliphatic rings. The van der Waals surface area contributed by atoms with Gasteiger partial charge in [-0.05, 0) is 17.0 Å². The second kappa shape index (κ2) is 5.65. The third-order valence-corrected chi connectivity index (χ3v) is 4.90. The SMILES string of the molecule is NCc1nc(Cc2cccs2)sc1-c1ccccc1. The molecule has 0 amide bonds. The van der Waals surface area contributed by atoms with Crippen LogP contribution in [0.15, 0.2) is 47.8 Å².